The predicted molar refractivity (Wildman–Crippen MR) is 56.9 cm³/mol. The van der Waals surface area contributed by atoms with Gasteiger partial charge < -0.3 is 10.0 Å². The maximum absolute atomic E-state index is 11.7. The van der Waals surface area contributed by atoms with Gasteiger partial charge in [-0.1, -0.05) is 6.92 Å². The number of aromatic nitrogens is 3. The normalized spacial score (nSPS) is 17.6. The second-order valence-electron chi connectivity index (χ2n) is 4.28. The van der Waals surface area contributed by atoms with Crippen molar-refractivity contribution >= 4 is 11.9 Å². The number of rotatable bonds is 4. The molecule has 1 aliphatic heterocycles. The van der Waals surface area contributed by atoms with E-state index in [1.165, 1.54) is 17.3 Å². The summed E-state index contributed by atoms with van der Waals surface area (Å²) < 4.78 is 1.45. The van der Waals surface area contributed by atoms with Crippen molar-refractivity contribution in [3.05, 3.63) is 12.7 Å². The van der Waals surface area contributed by atoms with E-state index in [-0.39, 0.29) is 18.4 Å². The van der Waals surface area contributed by atoms with Gasteiger partial charge >= 0.3 is 5.97 Å². The van der Waals surface area contributed by atoms with Gasteiger partial charge in [-0.15, -0.1) is 0 Å². The number of carbonyl (C=O) groups is 2. The summed E-state index contributed by atoms with van der Waals surface area (Å²) in [5.74, 6) is -1.19. The maximum atomic E-state index is 11.7. The van der Waals surface area contributed by atoms with Gasteiger partial charge in [0.15, 0.2) is 0 Å². The standard InChI is InChI=1S/C10H14N4O3/c1-7(10(16)17)8-2-13(3-8)9(15)4-14-6-11-5-12-14/h5-8H,2-4H2,1H3,(H,16,17). The number of carbonyl (C=O) groups excluding carboxylic acids is 1. The molecule has 0 spiro atoms. The van der Waals surface area contributed by atoms with Crippen LogP contribution >= 0.6 is 0 Å². The van der Waals surface area contributed by atoms with Crippen molar-refractivity contribution in [3.63, 3.8) is 0 Å². The smallest absolute Gasteiger partial charge is 0.306 e. The van der Waals surface area contributed by atoms with Crippen LogP contribution in [0.3, 0.4) is 0 Å². The first-order valence-corrected chi connectivity index (χ1v) is 5.41. The van der Waals surface area contributed by atoms with E-state index < -0.39 is 11.9 Å². The van der Waals surface area contributed by atoms with Crippen LogP contribution in [0.5, 0.6) is 0 Å². The van der Waals surface area contributed by atoms with E-state index in [0.29, 0.717) is 13.1 Å². The molecule has 92 valence electrons. The Kier molecular flexibility index (Phi) is 3.08. The van der Waals surface area contributed by atoms with Gasteiger partial charge in [-0.3, -0.25) is 9.59 Å². The molecule has 1 saturated heterocycles. The van der Waals surface area contributed by atoms with Crippen molar-refractivity contribution in [2.75, 3.05) is 13.1 Å². The summed E-state index contributed by atoms with van der Waals surface area (Å²) in [5, 5.41) is 12.7. The van der Waals surface area contributed by atoms with Gasteiger partial charge in [0.2, 0.25) is 5.91 Å². The fraction of sp³-hybridized carbons (Fsp3) is 0.600. The van der Waals surface area contributed by atoms with Crippen LogP contribution in [0.15, 0.2) is 12.7 Å². The molecular weight excluding hydrogens is 224 g/mol. The lowest BCUT2D eigenvalue weighted by Crippen LogP contribution is -2.54. The van der Waals surface area contributed by atoms with Gasteiger partial charge in [-0.2, -0.15) is 5.10 Å². The summed E-state index contributed by atoms with van der Waals surface area (Å²) in [6.07, 6.45) is 2.85. The number of amides is 1. The lowest BCUT2D eigenvalue weighted by atomic mass is 9.87. The van der Waals surface area contributed by atoms with E-state index in [0.717, 1.165) is 0 Å². The molecule has 0 aromatic carbocycles. The average molecular weight is 238 g/mol. The summed E-state index contributed by atoms with van der Waals surface area (Å²) in [5.41, 5.74) is 0. The van der Waals surface area contributed by atoms with Crippen molar-refractivity contribution < 1.29 is 14.7 Å². The number of hydrogen-bond acceptors (Lipinski definition) is 4. The molecule has 0 aliphatic carbocycles. The van der Waals surface area contributed by atoms with E-state index in [1.54, 1.807) is 11.8 Å². The zero-order chi connectivity index (χ0) is 12.4. The van der Waals surface area contributed by atoms with E-state index in [2.05, 4.69) is 10.1 Å². The zero-order valence-corrected chi connectivity index (χ0v) is 9.48. The molecule has 1 aliphatic rings. The third-order valence-electron chi connectivity index (χ3n) is 3.12. The Morgan fingerprint density at radius 3 is 2.76 bits per heavy atom. The first-order chi connectivity index (χ1) is 8.08. The highest BCUT2D eigenvalue weighted by Gasteiger charge is 2.36. The van der Waals surface area contributed by atoms with Crippen molar-refractivity contribution in [1.82, 2.24) is 19.7 Å². The summed E-state index contributed by atoms with van der Waals surface area (Å²) in [4.78, 5) is 27.9. The van der Waals surface area contributed by atoms with Crippen LogP contribution in [0.2, 0.25) is 0 Å². The summed E-state index contributed by atoms with van der Waals surface area (Å²) in [6, 6.07) is 0. The fourth-order valence-corrected chi connectivity index (χ4v) is 1.79. The minimum Gasteiger partial charge on any atom is -0.481 e. The van der Waals surface area contributed by atoms with E-state index in [9.17, 15) is 9.59 Å². The van der Waals surface area contributed by atoms with Crippen LogP contribution in [0, 0.1) is 11.8 Å². The highest BCUT2D eigenvalue weighted by atomic mass is 16.4. The van der Waals surface area contributed by atoms with Crippen LogP contribution in [0.4, 0.5) is 0 Å². The number of nitrogens with zero attached hydrogens (tertiary/aromatic N) is 4. The number of likely N-dealkylation sites (tertiary alicyclic amines) is 1. The number of carboxylic acid groups (broad SMARTS) is 1. The van der Waals surface area contributed by atoms with Crippen LogP contribution in [0.1, 0.15) is 6.92 Å². The Hall–Kier alpha value is -1.92. The fourth-order valence-electron chi connectivity index (χ4n) is 1.79. The SMILES string of the molecule is CC(C(=O)O)C1CN(C(=O)Cn2cncn2)C1. The van der Waals surface area contributed by atoms with Crippen molar-refractivity contribution in [2.45, 2.75) is 13.5 Å². The second-order valence-corrected chi connectivity index (χ2v) is 4.28. The molecule has 1 amide bonds. The Morgan fingerprint density at radius 1 is 1.53 bits per heavy atom. The average Bonchev–Trinajstić information content (AvgIpc) is 2.67. The zero-order valence-electron chi connectivity index (χ0n) is 9.48. The van der Waals surface area contributed by atoms with E-state index in [4.69, 9.17) is 5.11 Å². The van der Waals surface area contributed by atoms with E-state index in [1.807, 2.05) is 0 Å². The van der Waals surface area contributed by atoms with E-state index >= 15 is 0 Å². The van der Waals surface area contributed by atoms with Crippen molar-refractivity contribution in [1.29, 1.82) is 0 Å². The molecule has 17 heavy (non-hydrogen) atoms. The van der Waals surface area contributed by atoms with Crippen LogP contribution in [-0.2, 0) is 16.1 Å². The molecule has 2 rings (SSSR count). The molecule has 1 aromatic rings. The second kappa shape index (κ2) is 4.52. The molecule has 0 bridgehead atoms. The minimum atomic E-state index is -0.807. The predicted octanol–water partition coefficient (Wildman–Crippen LogP) is -0.543. The Morgan fingerprint density at radius 2 is 2.24 bits per heavy atom. The Balaban J connectivity index is 1.80. The molecule has 1 atom stereocenters. The molecule has 1 N–H and O–H groups in total. The third kappa shape index (κ3) is 2.43. The summed E-state index contributed by atoms with van der Waals surface area (Å²) in [7, 11) is 0. The number of hydrogen-bond donors (Lipinski definition) is 1. The first-order valence-electron chi connectivity index (χ1n) is 5.41. The molecule has 7 heteroatoms. The summed E-state index contributed by atoms with van der Waals surface area (Å²) >= 11 is 0. The molecular formula is C10H14N4O3. The van der Waals surface area contributed by atoms with Gasteiger partial charge in [-0.05, 0) is 0 Å². The molecule has 1 aromatic heterocycles. The van der Waals surface area contributed by atoms with Gasteiger partial charge in [0.05, 0.1) is 5.92 Å². The molecule has 0 radical (unpaired) electrons. The quantitative estimate of drug-likeness (QED) is 0.760. The largest absolute Gasteiger partial charge is 0.481 e. The lowest BCUT2D eigenvalue weighted by Gasteiger charge is -2.41. The molecule has 1 fully saturated rings. The number of carboxylic acids is 1. The van der Waals surface area contributed by atoms with Gasteiger partial charge in [-0.25, -0.2) is 9.67 Å². The monoisotopic (exact) mass is 238 g/mol. The molecule has 1 unspecified atom stereocenters. The molecule has 2 heterocycles. The maximum Gasteiger partial charge on any atom is 0.306 e. The molecule has 0 saturated carbocycles. The van der Waals surface area contributed by atoms with Gasteiger partial charge in [0.1, 0.15) is 19.2 Å². The first kappa shape index (κ1) is 11.6. The van der Waals surface area contributed by atoms with Crippen molar-refractivity contribution in [3.8, 4) is 0 Å². The third-order valence-corrected chi connectivity index (χ3v) is 3.12. The van der Waals surface area contributed by atoms with Gasteiger partial charge in [0.25, 0.3) is 0 Å². The Bertz CT molecular complexity index is 411. The molecule has 7 nitrogen and oxygen atoms in total. The summed E-state index contributed by atoms with van der Waals surface area (Å²) in [6.45, 7) is 2.86. The van der Waals surface area contributed by atoms with Crippen molar-refractivity contribution in [2.24, 2.45) is 11.8 Å². The number of aliphatic carboxylic acids is 1. The van der Waals surface area contributed by atoms with Crippen LogP contribution in [-0.4, -0.2) is 49.7 Å². The topological polar surface area (TPSA) is 88.3 Å². The highest BCUT2D eigenvalue weighted by molar-refractivity contribution is 5.77. The van der Waals surface area contributed by atoms with Gasteiger partial charge in [0, 0.05) is 19.0 Å². The Labute approximate surface area is 98.0 Å². The lowest BCUT2D eigenvalue weighted by molar-refractivity contribution is -0.150. The van der Waals surface area contributed by atoms with Crippen LogP contribution < -0.4 is 0 Å². The highest BCUT2D eigenvalue weighted by Crippen LogP contribution is 2.24. The minimum absolute atomic E-state index is 0.0515. The van der Waals surface area contributed by atoms with Crippen LogP contribution in [0.25, 0.3) is 0 Å².